The minimum atomic E-state index is -4.20. The SMILES string of the molecule is O=C(CN(c1ccc(F)cc1)S(=O)(=O)c1ccc2c(c1)OCCO2)Nc1ccc(C2C3CC4CC(C3)CC2C4)cc1. The van der Waals surface area contributed by atoms with Gasteiger partial charge in [-0.3, -0.25) is 9.10 Å². The molecule has 3 aromatic carbocycles. The fraction of sp³-hybridized carbons (Fsp3) is 0.406. The average Bonchev–Trinajstić information content (AvgIpc) is 2.96. The highest BCUT2D eigenvalue weighted by Crippen LogP contribution is 2.59. The van der Waals surface area contributed by atoms with Crippen LogP contribution in [0, 0.1) is 29.5 Å². The summed E-state index contributed by atoms with van der Waals surface area (Å²) < 4.78 is 53.3. The van der Waals surface area contributed by atoms with E-state index in [4.69, 9.17) is 9.47 Å². The summed E-state index contributed by atoms with van der Waals surface area (Å²) in [6, 6.07) is 17.4. The Morgan fingerprint density at radius 2 is 1.46 bits per heavy atom. The van der Waals surface area contributed by atoms with E-state index < -0.39 is 28.3 Å². The van der Waals surface area contributed by atoms with Crippen LogP contribution >= 0.6 is 0 Å². The lowest BCUT2D eigenvalue weighted by Crippen LogP contribution is -2.43. The van der Waals surface area contributed by atoms with Crippen molar-refractivity contribution in [3.63, 3.8) is 0 Å². The molecule has 8 rings (SSSR count). The summed E-state index contributed by atoms with van der Waals surface area (Å²) in [6.45, 7) is 0.201. The molecule has 5 aliphatic rings. The minimum Gasteiger partial charge on any atom is -0.486 e. The zero-order valence-corrected chi connectivity index (χ0v) is 23.5. The Hall–Kier alpha value is -3.59. The number of carbonyl (C=O) groups excluding carboxylic acids is 1. The van der Waals surface area contributed by atoms with Crippen LogP contribution in [0.15, 0.2) is 71.6 Å². The van der Waals surface area contributed by atoms with Crippen molar-refractivity contribution in [1.82, 2.24) is 0 Å². The van der Waals surface area contributed by atoms with Crippen LogP contribution < -0.4 is 19.1 Å². The molecule has 41 heavy (non-hydrogen) atoms. The Morgan fingerprint density at radius 1 is 0.829 bits per heavy atom. The van der Waals surface area contributed by atoms with Crippen molar-refractivity contribution in [1.29, 1.82) is 0 Å². The third-order valence-corrected chi connectivity index (χ3v) is 11.1. The lowest BCUT2D eigenvalue weighted by atomic mass is 9.51. The van der Waals surface area contributed by atoms with E-state index in [0.717, 1.165) is 28.0 Å². The third-order valence-electron chi connectivity index (χ3n) is 9.31. The summed E-state index contributed by atoms with van der Waals surface area (Å²) in [5.74, 6) is 3.72. The van der Waals surface area contributed by atoms with Crippen molar-refractivity contribution in [3.8, 4) is 11.5 Å². The minimum absolute atomic E-state index is 0.0566. The molecule has 7 nitrogen and oxygen atoms in total. The fourth-order valence-corrected chi connectivity index (χ4v) is 9.26. The second-order valence-corrected chi connectivity index (χ2v) is 13.8. The van der Waals surface area contributed by atoms with Gasteiger partial charge in [-0.2, -0.15) is 0 Å². The number of hydrogen-bond acceptors (Lipinski definition) is 5. The van der Waals surface area contributed by atoms with Crippen LogP contribution in [0.5, 0.6) is 11.5 Å². The van der Waals surface area contributed by atoms with Crippen molar-refractivity contribution >= 4 is 27.3 Å². The number of nitrogens with one attached hydrogen (secondary N) is 1. The number of sulfonamides is 1. The van der Waals surface area contributed by atoms with Gasteiger partial charge < -0.3 is 14.8 Å². The molecule has 0 radical (unpaired) electrons. The van der Waals surface area contributed by atoms with E-state index >= 15 is 0 Å². The van der Waals surface area contributed by atoms with Gasteiger partial charge in [-0.25, -0.2) is 12.8 Å². The number of rotatable bonds is 7. The first-order chi connectivity index (χ1) is 19.8. The maximum Gasteiger partial charge on any atom is 0.264 e. The van der Waals surface area contributed by atoms with Gasteiger partial charge in [0.25, 0.3) is 10.0 Å². The molecule has 4 aliphatic carbocycles. The highest BCUT2D eigenvalue weighted by Gasteiger charge is 2.48. The number of fused-ring (bicyclic) bond motifs is 1. The number of nitrogens with zero attached hydrogens (tertiary/aromatic N) is 1. The van der Waals surface area contributed by atoms with Gasteiger partial charge in [-0.15, -0.1) is 0 Å². The summed E-state index contributed by atoms with van der Waals surface area (Å²) in [5.41, 5.74) is 2.12. The lowest BCUT2D eigenvalue weighted by Gasteiger charge is -2.54. The van der Waals surface area contributed by atoms with E-state index in [1.807, 2.05) is 12.1 Å². The molecule has 1 N–H and O–H groups in total. The van der Waals surface area contributed by atoms with Crippen LogP contribution in [-0.2, 0) is 14.8 Å². The molecule has 4 fully saturated rings. The van der Waals surface area contributed by atoms with Gasteiger partial charge in [0, 0.05) is 11.8 Å². The second-order valence-electron chi connectivity index (χ2n) is 11.9. The lowest BCUT2D eigenvalue weighted by molar-refractivity contribution is -0.114. The van der Waals surface area contributed by atoms with Gasteiger partial charge in [0.1, 0.15) is 25.6 Å². The summed E-state index contributed by atoms with van der Waals surface area (Å²) in [5, 5.41) is 2.86. The van der Waals surface area contributed by atoms with Crippen LogP contribution in [0.4, 0.5) is 15.8 Å². The molecule has 9 heteroatoms. The average molecular weight is 577 g/mol. The second kappa shape index (κ2) is 10.4. The van der Waals surface area contributed by atoms with Crippen molar-refractivity contribution in [3.05, 3.63) is 78.1 Å². The van der Waals surface area contributed by atoms with Gasteiger partial charge >= 0.3 is 0 Å². The number of amides is 1. The number of anilines is 2. The third kappa shape index (κ3) is 5.05. The molecule has 3 aromatic rings. The molecule has 1 amide bonds. The highest BCUT2D eigenvalue weighted by molar-refractivity contribution is 7.92. The largest absolute Gasteiger partial charge is 0.486 e. The first-order valence-electron chi connectivity index (χ1n) is 14.4. The Bertz CT molecular complexity index is 1530. The topological polar surface area (TPSA) is 84.9 Å². The zero-order chi connectivity index (χ0) is 28.1. The molecule has 0 atom stereocenters. The molecule has 214 valence electrons. The van der Waals surface area contributed by atoms with E-state index in [9.17, 15) is 17.6 Å². The summed E-state index contributed by atoms with van der Waals surface area (Å²) in [6.07, 6.45) is 6.78. The number of benzene rings is 3. The smallest absolute Gasteiger partial charge is 0.264 e. The predicted octanol–water partition coefficient (Wildman–Crippen LogP) is 5.97. The Balaban J connectivity index is 1.10. The van der Waals surface area contributed by atoms with Crippen LogP contribution in [-0.4, -0.2) is 34.1 Å². The quantitative estimate of drug-likeness (QED) is 0.375. The Morgan fingerprint density at radius 3 is 2.12 bits per heavy atom. The standard InChI is InChI=1S/C32H33FN2O5S/c33-25-3-7-27(8-4-25)35(41(37,38)28-9-10-29-30(18-28)40-12-11-39-29)19-31(36)34-26-5-1-22(2-6-26)32-23-14-20-13-21(16-23)17-24(32)15-20/h1-10,18,20-21,23-24,32H,11-17,19H2,(H,34,36). The molecule has 0 spiro atoms. The molecule has 0 aromatic heterocycles. The van der Waals surface area contributed by atoms with Crippen LogP contribution in [0.1, 0.15) is 43.6 Å². The first kappa shape index (κ1) is 26.3. The van der Waals surface area contributed by atoms with Crippen LogP contribution in [0.3, 0.4) is 0 Å². The molecule has 0 saturated heterocycles. The molecular formula is C32H33FN2O5S. The number of hydrogen-bond donors (Lipinski definition) is 1. The summed E-state index contributed by atoms with van der Waals surface area (Å²) in [4.78, 5) is 13.2. The van der Waals surface area contributed by atoms with Gasteiger partial charge in [0.05, 0.1) is 10.6 Å². The summed E-state index contributed by atoms with van der Waals surface area (Å²) in [7, 11) is -4.20. The van der Waals surface area contributed by atoms with Gasteiger partial charge in [-0.1, -0.05) is 12.1 Å². The normalized spacial score (nSPS) is 26.0. The van der Waals surface area contributed by atoms with Crippen molar-refractivity contribution < 1.29 is 27.1 Å². The Kier molecular flexibility index (Phi) is 6.64. The van der Waals surface area contributed by atoms with Crippen molar-refractivity contribution in [2.75, 3.05) is 29.4 Å². The Labute approximate surface area is 239 Å². The van der Waals surface area contributed by atoms with Crippen LogP contribution in [0.25, 0.3) is 0 Å². The van der Waals surface area contributed by atoms with E-state index in [1.165, 1.54) is 80.1 Å². The summed E-state index contributed by atoms with van der Waals surface area (Å²) >= 11 is 0. The number of carbonyl (C=O) groups is 1. The fourth-order valence-electron chi connectivity index (χ4n) is 7.82. The first-order valence-corrected chi connectivity index (χ1v) is 15.9. The predicted molar refractivity (Wildman–Crippen MR) is 153 cm³/mol. The molecule has 4 saturated carbocycles. The van der Waals surface area contributed by atoms with Gasteiger partial charge in [0.15, 0.2) is 11.5 Å². The monoisotopic (exact) mass is 576 g/mol. The van der Waals surface area contributed by atoms with Gasteiger partial charge in [-0.05, 0) is 116 Å². The van der Waals surface area contributed by atoms with E-state index in [1.54, 1.807) is 0 Å². The molecule has 1 heterocycles. The molecule has 1 aliphatic heterocycles. The maximum absolute atomic E-state index is 13.8. The van der Waals surface area contributed by atoms with E-state index in [2.05, 4.69) is 17.4 Å². The number of ether oxygens (including phenoxy) is 2. The van der Waals surface area contributed by atoms with E-state index in [-0.39, 0.29) is 10.6 Å². The highest BCUT2D eigenvalue weighted by atomic mass is 32.2. The maximum atomic E-state index is 13.8. The molecule has 4 bridgehead atoms. The van der Waals surface area contributed by atoms with Crippen molar-refractivity contribution in [2.24, 2.45) is 23.7 Å². The molecular weight excluding hydrogens is 543 g/mol. The van der Waals surface area contributed by atoms with Crippen LogP contribution in [0.2, 0.25) is 0 Å². The van der Waals surface area contributed by atoms with Crippen molar-refractivity contribution in [2.45, 2.75) is 42.9 Å². The zero-order valence-electron chi connectivity index (χ0n) is 22.7. The number of halogens is 1. The van der Waals surface area contributed by atoms with Gasteiger partial charge in [0.2, 0.25) is 5.91 Å². The van der Waals surface area contributed by atoms with E-state index in [0.29, 0.717) is 36.3 Å². The molecule has 0 unspecified atom stereocenters.